The predicted octanol–water partition coefficient (Wildman–Crippen LogP) is 0.361. The van der Waals surface area contributed by atoms with Gasteiger partial charge in [-0.3, -0.25) is 5.41 Å². The zero-order chi connectivity index (χ0) is 11.0. The van der Waals surface area contributed by atoms with Crippen molar-refractivity contribution in [3.63, 3.8) is 0 Å². The largest absolute Gasteiger partial charge is 0.340 e. The number of aromatic nitrogens is 4. The summed E-state index contributed by atoms with van der Waals surface area (Å²) < 4.78 is 1.82. The Bertz CT molecular complexity index is 548. The van der Waals surface area contributed by atoms with E-state index < -0.39 is 0 Å². The van der Waals surface area contributed by atoms with Gasteiger partial charge in [-0.2, -0.15) is 0 Å². The fraction of sp³-hybridized carbons (Fsp3) is 0.500. The monoisotopic (exact) mass is 218 g/mol. The average Bonchev–Trinajstić information content (AvgIpc) is 2.80. The van der Waals surface area contributed by atoms with Gasteiger partial charge >= 0.3 is 0 Å². The highest BCUT2D eigenvalue weighted by Gasteiger charge is 2.12. The van der Waals surface area contributed by atoms with E-state index in [0.717, 1.165) is 13.1 Å². The molecule has 2 N–H and O–H groups in total. The Hall–Kier alpha value is -1.85. The van der Waals surface area contributed by atoms with Gasteiger partial charge in [0.05, 0.1) is 6.33 Å². The van der Waals surface area contributed by atoms with Crippen LogP contribution in [0.2, 0.25) is 0 Å². The van der Waals surface area contributed by atoms with Gasteiger partial charge < -0.3 is 9.99 Å². The molecule has 0 bridgehead atoms. The summed E-state index contributed by atoms with van der Waals surface area (Å²) in [7, 11) is 0. The summed E-state index contributed by atoms with van der Waals surface area (Å²) in [6, 6.07) is 0. The molecule has 1 saturated heterocycles. The third-order valence-electron chi connectivity index (χ3n) is 3.01. The van der Waals surface area contributed by atoms with Gasteiger partial charge in [0.25, 0.3) is 0 Å². The van der Waals surface area contributed by atoms with Crippen molar-refractivity contribution in [3.8, 4) is 0 Å². The van der Waals surface area contributed by atoms with Gasteiger partial charge in [0.1, 0.15) is 11.8 Å². The number of piperidine rings is 1. The summed E-state index contributed by atoms with van der Waals surface area (Å²) in [5.41, 5.74) is 1.75. The third-order valence-corrected chi connectivity index (χ3v) is 3.01. The Balaban J connectivity index is 2.09. The first-order valence-corrected chi connectivity index (χ1v) is 5.57. The molecule has 2 aromatic rings. The molecule has 0 radical (unpaired) electrons. The first-order chi connectivity index (χ1) is 7.86. The van der Waals surface area contributed by atoms with Crippen LogP contribution in [0.25, 0.3) is 11.2 Å². The van der Waals surface area contributed by atoms with E-state index in [1.54, 1.807) is 12.7 Å². The summed E-state index contributed by atoms with van der Waals surface area (Å²) in [4.78, 5) is 11.2. The first kappa shape index (κ1) is 9.38. The molecule has 0 saturated carbocycles. The Morgan fingerprint density at radius 3 is 2.81 bits per heavy atom. The molecule has 3 heterocycles. The van der Waals surface area contributed by atoms with Crippen molar-refractivity contribution in [2.24, 2.45) is 0 Å². The molecule has 1 aliphatic heterocycles. The minimum atomic E-state index is 0.435. The lowest BCUT2D eigenvalue weighted by Gasteiger charge is -2.30. The van der Waals surface area contributed by atoms with Crippen molar-refractivity contribution < 1.29 is 0 Å². The SMILES string of the molecule is N=c1c2[nH]cnc2ncn1N1CCCCC1. The van der Waals surface area contributed by atoms with Crippen molar-refractivity contribution in [3.05, 3.63) is 18.1 Å². The van der Waals surface area contributed by atoms with Crippen LogP contribution in [0.3, 0.4) is 0 Å². The molecular weight excluding hydrogens is 204 g/mol. The van der Waals surface area contributed by atoms with Crippen LogP contribution < -0.4 is 10.5 Å². The van der Waals surface area contributed by atoms with Crippen LogP contribution in [-0.2, 0) is 0 Å². The topological polar surface area (TPSA) is 73.6 Å². The van der Waals surface area contributed by atoms with Gasteiger partial charge in [0, 0.05) is 13.1 Å². The molecule has 0 amide bonds. The molecule has 3 rings (SSSR count). The zero-order valence-corrected chi connectivity index (χ0v) is 8.98. The Kier molecular flexibility index (Phi) is 2.12. The van der Waals surface area contributed by atoms with Gasteiger partial charge in [-0.15, -0.1) is 0 Å². The average molecular weight is 218 g/mol. The van der Waals surface area contributed by atoms with Crippen LogP contribution in [0.5, 0.6) is 0 Å². The summed E-state index contributed by atoms with van der Waals surface area (Å²) in [6.45, 7) is 2.00. The van der Waals surface area contributed by atoms with E-state index in [1.165, 1.54) is 19.3 Å². The van der Waals surface area contributed by atoms with E-state index in [2.05, 4.69) is 20.0 Å². The van der Waals surface area contributed by atoms with Gasteiger partial charge in [-0.1, -0.05) is 0 Å². The second-order valence-electron chi connectivity index (χ2n) is 4.05. The number of hydrogen-bond acceptors (Lipinski definition) is 4. The van der Waals surface area contributed by atoms with Crippen molar-refractivity contribution in [1.82, 2.24) is 19.6 Å². The van der Waals surface area contributed by atoms with Crippen LogP contribution in [-0.4, -0.2) is 32.7 Å². The molecule has 16 heavy (non-hydrogen) atoms. The summed E-state index contributed by atoms with van der Waals surface area (Å²) in [6.07, 6.45) is 6.93. The maximum Gasteiger partial charge on any atom is 0.182 e. The second kappa shape index (κ2) is 3.62. The molecule has 0 atom stereocenters. The van der Waals surface area contributed by atoms with E-state index in [1.807, 2.05) is 4.68 Å². The molecule has 84 valence electrons. The fourth-order valence-electron chi connectivity index (χ4n) is 2.15. The van der Waals surface area contributed by atoms with Gasteiger partial charge in [0.2, 0.25) is 0 Å². The maximum absolute atomic E-state index is 8.10. The van der Waals surface area contributed by atoms with Crippen molar-refractivity contribution >= 4 is 11.2 Å². The van der Waals surface area contributed by atoms with Gasteiger partial charge in [0.15, 0.2) is 11.1 Å². The van der Waals surface area contributed by atoms with Crippen molar-refractivity contribution in [2.45, 2.75) is 19.3 Å². The summed E-state index contributed by atoms with van der Waals surface area (Å²) in [5.74, 6) is 0. The number of hydrogen-bond donors (Lipinski definition) is 2. The van der Waals surface area contributed by atoms with Crippen molar-refractivity contribution in [2.75, 3.05) is 18.1 Å². The molecule has 1 aliphatic rings. The lowest BCUT2D eigenvalue weighted by molar-refractivity contribution is 0.463. The lowest BCUT2D eigenvalue weighted by atomic mass is 10.2. The van der Waals surface area contributed by atoms with Crippen molar-refractivity contribution in [1.29, 1.82) is 5.41 Å². The fourth-order valence-corrected chi connectivity index (χ4v) is 2.15. The van der Waals surface area contributed by atoms with E-state index in [4.69, 9.17) is 5.41 Å². The Morgan fingerprint density at radius 2 is 2.00 bits per heavy atom. The standard InChI is InChI=1S/C10H14N6/c11-9-8-10(13-6-12-8)14-7-16(9)15-4-2-1-3-5-15/h6-7,11H,1-5H2,(H,12,13). The molecule has 2 aromatic heterocycles. The summed E-state index contributed by atoms with van der Waals surface area (Å²) in [5, 5.41) is 10.3. The number of rotatable bonds is 1. The van der Waals surface area contributed by atoms with Crippen LogP contribution in [0.15, 0.2) is 12.7 Å². The van der Waals surface area contributed by atoms with Crippen LogP contribution in [0.1, 0.15) is 19.3 Å². The second-order valence-corrected chi connectivity index (χ2v) is 4.05. The first-order valence-electron chi connectivity index (χ1n) is 5.57. The lowest BCUT2D eigenvalue weighted by Crippen LogP contribution is -2.45. The minimum absolute atomic E-state index is 0.435. The quantitative estimate of drug-likeness (QED) is 0.725. The van der Waals surface area contributed by atoms with E-state index in [-0.39, 0.29) is 0 Å². The van der Waals surface area contributed by atoms with E-state index >= 15 is 0 Å². The number of nitrogens with one attached hydrogen (secondary N) is 2. The van der Waals surface area contributed by atoms with E-state index in [0.29, 0.717) is 16.7 Å². The third kappa shape index (κ3) is 1.37. The maximum atomic E-state index is 8.10. The minimum Gasteiger partial charge on any atom is -0.340 e. The predicted molar refractivity (Wildman–Crippen MR) is 59.5 cm³/mol. The van der Waals surface area contributed by atoms with Crippen LogP contribution in [0.4, 0.5) is 0 Å². The van der Waals surface area contributed by atoms with Crippen LogP contribution >= 0.6 is 0 Å². The van der Waals surface area contributed by atoms with E-state index in [9.17, 15) is 0 Å². The molecule has 6 nitrogen and oxygen atoms in total. The summed E-state index contributed by atoms with van der Waals surface area (Å²) >= 11 is 0. The number of fused-ring (bicyclic) bond motifs is 1. The Morgan fingerprint density at radius 1 is 1.19 bits per heavy atom. The molecule has 0 aliphatic carbocycles. The van der Waals surface area contributed by atoms with Gasteiger partial charge in [-0.05, 0) is 19.3 Å². The van der Waals surface area contributed by atoms with Crippen LogP contribution in [0, 0.1) is 5.41 Å². The van der Waals surface area contributed by atoms with Gasteiger partial charge in [-0.25, -0.2) is 14.6 Å². The highest BCUT2D eigenvalue weighted by Crippen LogP contribution is 2.07. The zero-order valence-electron chi connectivity index (χ0n) is 8.98. The molecule has 0 spiro atoms. The highest BCUT2D eigenvalue weighted by atomic mass is 15.6. The smallest absolute Gasteiger partial charge is 0.182 e. The highest BCUT2D eigenvalue weighted by molar-refractivity contribution is 5.67. The number of aromatic amines is 1. The molecule has 1 fully saturated rings. The Labute approximate surface area is 92.4 Å². The number of imidazole rings is 1. The number of H-pyrrole nitrogens is 1. The normalized spacial score (nSPS) is 16.9. The molecule has 0 aromatic carbocycles. The molecule has 0 unspecified atom stereocenters. The molecule has 6 heteroatoms. The number of nitrogens with zero attached hydrogens (tertiary/aromatic N) is 4. The molecular formula is C10H14N6.